The molecule has 0 heterocycles. The summed E-state index contributed by atoms with van der Waals surface area (Å²) >= 11 is 0. The molecule has 5 N–H and O–H groups in total. The van der Waals surface area contributed by atoms with E-state index in [1.807, 2.05) is 0 Å². The van der Waals surface area contributed by atoms with Gasteiger partial charge >= 0.3 is 0 Å². The van der Waals surface area contributed by atoms with Crippen LogP contribution >= 0.6 is 0 Å². The van der Waals surface area contributed by atoms with Crippen LogP contribution in [0.3, 0.4) is 0 Å². The van der Waals surface area contributed by atoms with Gasteiger partial charge in [0, 0.05) is 13.0 Å². The Labute approximate surface area is 74.1 Å². The number of carbonyl (C=O) groups is 1. The molecule has 0 saturated heterocycles. The van der Waals surface area contributed by atoms with Gasteiger partial charge in [0.05, 0.1) is 33.6 Å². The van der Waals surface area contributed by atoms with Crippen LogP contribution in [-0.2, 0) is 4.79 Å². The van der Waals surface area contributed by atoms with Gasteiger partial charge in [-0.2, -0.15) is 0 Å². The Balaban J connectivity index is 3.14. The summed E-state index contributed by atoms with van der Waals surface area (Å²) in [7, 11) is 4.22. The summed E-state index contributed by atoms with van der Waals surface area (Å²) < 4.78 is 0. The number of hydrogen-bond donors (Lipinski definition) is 3. The lowest BCUT2D eigenvalue weighted by Gasteiger charge is -2.07. The third-order valence-corrected chi connectivity index (χ3v) is 1.58. The van der Waals surface area contributed by atoms with Crippen molar-refractivity contribution in [2.24, 2.45) is 0 Å². The minimum absolute atomic E-state index is 0.124. The Morgan fingerprint density at radius 2 is 2.17 bits per heavy atom. The van der Waals surface area contributed by atoms with Crippen LogP contribution in [0.1, 0.15) is 12.8 Å². The molecule has 4 heteroatoms. The molecular formula is C8H21N3O+2. The molecule has 0 saturated carbocycles. The number of rotatable bonds is 6. The van der Waals surface area contributed by atoms with Crippen LogP contribution in [0.5, 0.6) is 0 Å². The summed E-state index contributed by atoms with van der Waals surface area (Å²) in [6, 6.07) is 0. The van der Waals surface area contributed by atoms with Crippen LogP contribution in [-0.4, -0.2) is 39.6 Å². The van der Waals surface area contributed by atoms with E-state index >= 15 is 0 Å². The first-order valence-corrected chi connectivity index (χ1v) is 4.51. The van der Waals surface area contributed by atoms with Gasteiger partial charge in [0.15, 0.2) is 0 Å². The van der Waals surface area contributed by atoms with Crippen molar-refractivity contribution in [1.29, 1.82) is 0 Å². The van der Waals surface area contributed by atoms with Crippen molar-refractivity contribution in [1.82, 2.24) is 5.32 Å². The molecule has 12 heavy (non-hydrogen) atoms. The molecular weight excluding hydrogens is 154 g/mol. The van der Waals surface area contributed by atoms with Crippen LogP contribution in [0.2, 0.25) is 0 Å². The Hall–Kier alpha value is -0.610. The van der Waals surface area contributed by atoms with Crippen LogP contribution in [0.4, 0.5) is 0 Å². The molecule has 0 aliphatic rings. The molecule has 0 aliphatic carbocycles. The van der Waals surface area contributed by atoms with E-state index in [0.717, 1.165) is 19.5 Å². The highest BCUT2D eigenvalue weighted by Crippen LogP contribution is 1.74. The zero-order valence-corrected chi connectivity index (χ0v) is 8.15. The van der Waals surface area contributed by atoms with Gasteiger partial charge in [0.25, 0.3) is 0 Å². The average Bonchev–Trinajstić information content (AvgIpc) is 1.98. The second kappa shape index (κ2) is 7.06. The first-order valence-electron chi connectivity index (χ1n) is 4.51. The van der Waals surface area contributed by atoms with E-state index in [1.165, 1.54) is 4.90 Å². The summed E-state index contributed by atoms with van der Waals surface area (Å²) in [5.41, 5.74) is 3.62. The number of amides is 1. The normalized spacial score (nSPS) is 10.3. The van der Waals surface area contributed by atoms with E-state index in [9.17, 15) is 4.79 Å². The van der Waals surface area contributed by atoms with Gasteiger partial charge < -0.3 is 16.0 Å². The molecule has 0 bridgehead atoms. The van der Waals surface area contributed by atoms with Gasteiger partial charge in [-0.1, -0.05) is 0 Å². The highest BCUT2D eigenvalue weighted by atomic mass is 16.1. The first kappa shape index (κ1) is 11.4. The van der Waals surface area contributed by atoms with Crippen molar-refractivity contribution in [2.75, 3.05) is 33.7 Å². The summed E-state index contributed by atoms with van der Waals surface area (Å²) in [6.45, 7) is 2.58. The van der Waals surface area contributed by atoms with Crippen molar-refractivity contribution < 1.29 is 15.4 Å². The Morgan fingerprint density at radius 3 is 2.67 bits per heavy atom. The smallest absolute Gasteiger partial charge is 0.225 e. The zero-order chi connectivity index (χ0) is 9.40. The van der Waals surface area contributed by atoms with Crippen molar-refractivity contribution in [2.45, 2.75) is 12.8 Å². The van der Waals surface area contributed by atoms with Gasteiger partial charge in [0.1, 0.15) is 0 Å². The predicted octanol–water partition coefficient (Wildman–Crippen LogP) is -2.73. The lowest BCUT2D eigenvalue weighted by Crippen LogP contribution is -3.05. The number of nitrogens with one attached hydrogen (secondary N) is 2. The summed E-state index contributed by atoms with van der Waals surface area (Å²) in [4.78, 5) is 12.3. The van der Waals surface area contributed by atoms with E-state index in [0.29, 0.717) is 13.0 Å². The molecule has 4 nitrogen and oxygen atoms in total. The third kappa shape index (κ3) is 7.50. The SMILES string of the molecule is C[NH+](C)CCCNC(=O)CC[NH3+]. The molecule has 1 amide bonds. The summed E-state index contributed by atoms with van der Waals surface area (Å²) in [5.74, 6) is 0.124. The van der Waals surface area contributed by atoms with Gasteiger partial charge in [-0.25, -0.2) is 0 Å². The van der Waals surface area contributed by atoms with E-state index < -0.39 is 0 Å². The van der Waals surface area contributed by atoms with Gasteiger partial charge in [-0.15, -0.1) is 0 Å². The fourth-order valence-electron chi connectivity index (χ4n) is 0.919. The van der Waals surface area contributed by atoms with Crippen molar-refractivity contribution in [3.05, 3.63) is 0 Å². The highest BCUT2D eigenvalue weighted by molar-refractivity contribution is 5.75. The lowest BCUT2D eigenvalue weighted by molar-refractivity contribution is -0.858. The third-order valence-electron chi connectivity index (χ3n) is 1.58. The highest BCUT2D eigenvalue weighted by Gasteiger charge is 1.99. The van der Waals surface area contributed by atoms with Crippen LogP contribution in [0, 0.1) is 0 Å². The first-order chi connectivity index (χ1) is 5.66. The molecule has 0 rings (SSSR count). The molecule has 0 aromatic rings. The topological polar surface area (TPSA) is 61.2 Å². The molecule has 0 aromatic carbocycles. The second-order valence-electron chi connectivity index (χ2n) is 3.26. The largest absolute Gasteiger partial charge is 0.357 e. The number of quaternary nitrogens is 2. The van der Waals surface area contributed by atoms with E-state index in [4.69, 9.17) is 0 Å². The molecule has 0 radical (unpaired) electrons. The maximum Gasteiger partial charge on any atom is 0.225 e. The van der Waals surface area contributed by atoms with E-state index in [-0.39, 0.29) is 5.91 Å². The van der Waals surface area contributed by atoms with Crippen molar-refractivity contribution >= 4 is 5.91 Å². The van der Waals surface area contributed by atoms with Crippen molar-refractivity contribution in [3.63, 3.8) is 0 Å². The molecule has 72 valence electrons. The maximum absolute atomic E-state index is 10.9. The summed E-state index contributed by atoms with van der Waals surface area (Å²) in [5, 5.41) is 2.85. The fourth-order valence-corrected chi connectivity index (χ4v) is 0.919. The van der Waals surface area contributed by atoms with Gasteiger partial charge in [-0.3, -0.25) is 4.79 Å². The summed E-state index contributed by atoms with van der Waals surface area (Å²) in [6.07, 6.45) is 1.60. The molecule has 0 aliphatic heterocycles. The quantitative estimate of drug-likeness (QED) is 0.377. The maximum atomic E-state index is 10.9. The minimum Gasteiger partial charge on any atom is -0.357 e. The Morgan fingerprint density at radius 1 is 1.50 bits per heavy atom. The zero-order valence-electron chi connectivity index (χ0n) is 8.15. The van der Waals surface area contributed by atoms with Gasteiger partial charge in [-0.05, 0) is 0 Å². The Kier molecular flexibility index (Phi) is 6.70. The fraction of sp³-hybridized carbons (Fsp3) is 0.875. The number of carbonyl (C=O) groups excluding carboxylic acids is 1. The van der Waals surface area contributed by atoms with Gasteiger partial charge in [0.2, 0.25) is 5.91 Å². The average molecular weight is 175 g/mol. The van der Waals surface area contributed by atoms with E-state index in [2.05, 4.69) is 25.1 Å². The monoisotopic (exact) mass is 175 g/mol. The standard InChI is InChI=1S/C8H19N3O/c1-11(2)7-3-6-10-8(12)4-5-9/h3-7,9H2,1-2H3,(H,10,12)/p+2. The molecule has 0 aromatic heterocycles. The molecule has 0 unspecified atom stereocenters. The second-order valence-corrected chi connectivity index (χ2v) is 3.26. The Bertz CT molecular complexity index is 125. The van der Waals surface area contributed by atoms with Crippen LogP contribution < -0.4 is 16.0 Å². The lowest BCUT2D eigenvalue weighted by atomic mass is 10.3. The van der Waals surface area contributed by atoms with E-state index in [1.54, 1.807) is 0 Å². The molecule has 0 fully saturated rings. The molecule has 0 spiro atoms. The van der Waals surface area contributed by atoms with Crippen LogP contribution in [0.25, 0.3) is 0 Å². The van der Waals surface area contributed by atoms with Crippen LogP contribution in [0.15, 0.2) is 0 Å². The molecule has 0 atom stereocenters. The minimum atomic E-state index is 0.124. The number of hydrogen-bond acceptors (Lipinski definition) is 1. The predicted molar refractivity (Wildman–Crippen MR) is 47.7 cm³/mol. The van der Waals surface area contributed by atoms with Crippen molar-refractivity contribution in [3.8, 4) is 0 Å².